The fourth-order valence-corrected chi connectivity index (χ4v) is 9.68. The third-order valence-electron chi connectivity index (χ3n) is 3.20. The molecular formula is C11H17Cl3SiTi. The summed E-state index contributed by atoms with van der Waals surface area (Å²) >= 11 is -2.93. The van der Waals surface area contributed by atoms with Crippen molar-refractivity contribution >= 4 is 41.8 Å². The number of hydrogen-bond acceptors (Lipinski definition) is 0. The third kappa shape index (κ3) is 2.95. The van der Waals surface area contributed by atoms with Crippen molar-refractivity contribution in [1.29, 1.82) is 0 Å². The van der Waals surface area contributed by atoms with Crippen molar-refractivity contribution in [1.82, 2.24) is 0 Å². The van der Waals surface area contributed by atoms with E-state index in [4.69, 9.17) is 9.30 Å². The van der Waals surface area contributed by atoms with Gasteiger partial charge in [0, 0.05) is 0 Å². The summed E-state index contributed by atoms with van der Waals surface area (Å²) in [6, 6.07) is 0. The summed E-state index contributed by atoms with van der Waals surface area (Å²) in [4.78, 5) is 0. The van der Waals surface area contributed by atoms with Crippen LogP contribution in [0.1, 0.15) is 12.8 Å². The van der Waals surface area contributed by atoms with Crippen molar-refractivity contribution in [3.8, 4) is 0 Å². The molecule has 2 aliphatic rings. The van der Waals surface area contributed by atoms with Crippen molar-refractivity contribution in [2.45, 2.75) is 18.1 Å². The van der Waals surface area contributed by atoms with Gasteiger partial charge in [0.2, 0.25) is 0 Å². The fourth-order valence-electron chi connectivity index (χ4n) is 2.06. The first-order chi connectivity index (χ1) is 6.49. The minimum atomic E-state index is -2.93. The SMILES string of the molecule is Cl.Cl.[CH3][Ti](=[SiH2])([Cl])([C]1=CC=CC1)[C]1=CC=CC1. The summed E-state index contributed by atoms with van der Waals surface area (Å²) in [6.45, 7) is 0. The Morgan fingerprint density at radius 2 is 1.44 bits per heavy atom. The van der Waals surface area contributed by atoms with Crippen LogP contribution in [-0.2, 0) is 13.0 Å². The monoisotopic (exact) mass is 330 g/mol. The van der Waals surface area contributed by atoms with E-state index in [1.807, 2.05) is 0 Å². The van der Waals surface area contributed by atoms with E-state index >= 15 is 0 Å². The van der Waals surface area contributed by atoms with Crippen molar-refractivity contribution in [2.24, 2.45) is 0 Å². The summed E-state index contributed by atoms with van der Waals surface area (Å²) < 4.78 is 2.99. The van der Waals surface area contributed by atoms with Crippen LogP contribution in [0.2, 0.25) is 5.23 Å². The van der Waals surface area contributed by atoms with Gasteiger partial charge in [0.15, 0.2) is 0 Å². The Kier molecular flexibility index (Phi) is 5.87. The zero-order valence-electron chi connectivity index (χ0n) is 9.28. The van der Waals surface area contributed by atoms with E-state index in [0.29, 0.717) is 0 Å². The fraction of sp³-hybridized carbons (Fsp3) is 0.273. The van der Waals surface area contributed by atoms with Crippen molar-refractivity contribution in [3.05, 3.63) is 44.2 Å². The van der Waals surface area contributed by atoms with Crippen LogP contribution in [0.25, 0.3) is 0 Å². The van der Waals surface area contributed by atoms with Crippen molar-refractivity contribution < 1.29 is 13.0 Å². The molecule has 0 bridgehead atoms. The molecule has 0 heterocycles. The summed E-state index contributed by atoms with van der Waals surface area (Å²) in [5, 5.41) is 2.31. The second-order valence-corrected chi connectivity index (χ2v) is 25.6. The molecule has 0 N–H and O–H groups in total. The van der Waals surface area contributed by atoms with Gasteiger partial charge in [0.05, 0.1) is 0 Å². The number of hydrogen-bond donors (Lipinski definition) is 0. The molecule has 0 fully saturated rings. The van der Waals surface area contributed by atoms with Gasteiger partial charge >= 0.3 is 92.2 Å². The van der Waals surface area contributed by atoms with Crippen LogP contribution in [0.15, 0.2) is 44.2 Å². The minimum absolute atomic E-state index is 0. The van der Waals surface area contributed by atoms with Crippen LogP contribution in [0.4, 0.5) is 0 Å². The second-order valence-electron chi connectivity index (χ2n) is 4.49. The molecule has 0 aromatic rings. The molecule has 2 rings (SSSR count). The molecule has 0 aromatic heterocycles. The van der Waals surface area contributed by atoms with E-state index in [1.165, 1.54) is 7.76 Å². The maximum atomic E-state index is 6.99. The molecule has 0 aliphatic heterocycles. The first-order valence-electron chi connectivity index (χ1n) is 4.98. The van der Waals surface area contributed by atoms with Crippen LogP contribution in [0.3, 0.4) is 0 Å². The first-order valence-corrected chi connectivity index (χ1v) is 14.3. The Morgan fingerprint density at radius 1 is 1.06 bits per heavy atom. The molecule has 0 radical (unpaired) electrons. The topological polar surface area (TPSA) is 0 Å². The molecule has 5 heteroatoms. The van der Waals surface area contributed by atoms with Gasteiger partial charge in [0.1, 0.15) is 0 Å². The molecule has 0 spiro atoms. The van der Waals surface area contributed by atoms with Crippen LogP contribution in [-0.4, -0.2) is 7.63 Å². The molecule has 0 amide bonds. The van der Waals surface area contributed by atoms with Crippen LogP contribution < -0.4 is 0 Å². The first kappa shape index (κ1) is 16.8. The molecule has 0 atom stereocenters. The summed E-state index contributed by atoms with van der Waals surface area (Å²) in [7, 11) is 9.06. The van der Waals surface area contributed by atoms with E-state index < -0.39 is 13.0 Å². The normalized spacial score (nSPS) is 18.7. The Hall–Kier alpha value is 0.761. The number of rotatable bonds is 2. The molecule has 0 unspecified atom stereocenters. The van der Waals surface area contributed by atoms with Crippen LogP contribution in [0, 0.1) is 0 Å². The predicted octanol–water partition coefficient (Wildman–Crippen LogP) is 3.96. The molecule has 90 valence electrons. The zero-order chi connectivity index (χ0) is 10.3. The maximum absolute atomic E-state index is 6.99. The molecule has 2 aliphatic carbocycles. The Balaban J connectivity index is 0.00000112. The third-order valence-corrected chi connectivity index (χ3v) is 15.3. The number of halogens is 3. The standard InChI is InChI=1S/2C5H5.CH3.3ClH.H2Si.Ti/c2*1-2-4-5-3-1;;;;;;/h2*1-3H,4H2;1H3;3*1H;1H2;/q;;;;;;;+1/p-1. The van der Waals surface area contributed by atoms with Gasteiger partial charge in [-0.25, -0.2) is 0 Å². The average molecular weight is 332 g/mol. The quantitative estimate of drug-likeness (QED) is 0.672. The number of allylic oxidation sites excluding steroid dienone is 8. The van der Waals surface area contributed by atoms with E-state index in [1.54, 1.807) is 0 Å². The average Bonchev–Trinajstić information content (AvgIpc) is 2.78. The molecule has 0 saturated heterocycles. The summed E-state index contributed by atoms with van der Waals surface area (Å²) in [6.07, 6.45) is 15.3. The van der Waals surface area contributed by atoms with Crippen molar-refractivity contribution in [3.63, 3.8) is 0 Å². The van der Waals surface area contributed by atoms with Gasteiger partial charge in [-0.3, -0.25) is 0 Å². The summed E-state index contributed by atoms with van der Waals surface area (Å²) in [5.74, 6) is 0. The van der Waals surface area contributed by atoms with E-state index in [2.05, 4.69) is 49.3 Å². The molecule has 16 heavy (non-hydrogen) atoms. The molecular weight excluding hydrogens is 314 g/mol. The zero-order valence-corrected chi connectivity index (χ0v) is 14.6. The molecule has 0 aromatic carbocycles. The van der Waals surface area contributed by atoms with Gasteiger partial charge in [-0.15, -0.1) is 24.8 Å². The Morgan fingerprint density at radius 3 is 1.69 bits per heavy atom. The Bertz CT molecular complexity index is 416. The van der Waals surface area contributed by atoms with E-state index in [0.717, 1.165) is 12.8 Å². The van der Waals surface area contributed by atoms with Gasteiger partial charge < -0.3 is 0 Å². The van der Waals surface area contributed by atoms with Gasteiger partial charge in [0.25, 0.3) is 0 Å². The van der Waals surface area contributed by atoms with E-state index in [9.17, 15) is 0 Å². The van der Waals surface area contributed by atoms with Crippen LogP contribution in [0.5, 0.6) is 0 Å². The van der Waals surface area contributed by atoms with Crippen molar-refractivity contribution in [2.75, 3.05) is 0 Å². The predicted molar refractivity (Wildman–Crippen MR) is 78.4 cm³/mol. The summed E-state index contributed by atoms with van der Waals surface area (Å²) in [5.41, 5.74) is 0. The van der Waals surface area contributed by atoms with Crippen LogP contribution >= 0.6 is 34.1 Å². The molecule has 0 saturated carbocycles. The van der Waals surface area contributed by atoms with Gasteiger partial charge in [-0.1, -0.05) is 0 Å². The van der Waals surface area contributed by atoms with E-state index in [-0.39, 0.29) is 24.8 Å². The van der Waals surface area contributed by atoms with Gasteiger partial charge in [-0.05, 0) is 0 Å². The molecule has 0 nitrogen and oxygen atoms in total. The van der Waals surface area contributed by atoms with Gasteiger partial charge in [-0.2, -0.15) is 0 Å². The second kappa shape index (κ2) is 5.60. The Labute approximate surface area is 116 Å².